The number of benzene rings is 1. The van der Waals surface area contributed by atoms with Crippen LogP contribution in [0.3, 0.4) is 0 Å². The van der Waals surface area contributed by atoms with Crippen LogP contribution in [-0.4, -0.2) is 38.3 Å². The van der Waals surface area contributed by atoms with Crippen LogP contribution in [0.25, 0.3) is 11.1 Å². The maximum Gasteiger partial charge on any atom is 0.296 e. The van der Waals surface area contributed by atoms with Crippen molar-refractivity contribution in [3.8, 4) is 22.1 Å². The van der Waals surface area contributed by atoms with Crippen molar-refractivity contribution in [3.05, 3.63) is 76.9 Å². The predicted molar refractivity (Wildman–Crippen MR) is 128 cm³/mol. The molecule has 0 spiro atoms. The summed E-state index contributed by atoms with van der Waals surface area (Å²) >= 11 is 1.10. The SMILES string of the molecule is COc1ccccc1-c1cc(C)nc(C)c1C(=O)Nc1nnc(OCc2cccc(CO)n2)s1. The molecule has 1 aromatic carbocycles. The van der Waals surface area contributed by atoms with Gasteiger partial charge in [-0.3, -0.25) is 20.1 Å². The van der Waals surface area contributed by atoms with Gasteiger partial charge in [-0.05, 0) is 49.4 Å². The van der Waals surface area contributed by atoms with Gasteiger partial charge in [0.2, 0.25) is 5.13 Å². The Morgan fingerprint density at radius 3 is 2.62 bits per heavy atom. The normalized spacial score (nSPS) is 10.7. The number of nitrogens with zero attached hydrogens (tertiary/aromatic N) is 4. The maximum absolute atomic E-state index is 13.3. The monoisotopic (exact) mass is 477 g/mol. The van der Waals surface area contributed by atoms with Crippen molar-refractivity contribution in [2.24, 2.45) is 0 Å². The number of hydrogen-bond donors (Lipinski definition) is 2. The molecule has 0 radical (unpaired) electrons. The van der Waals surface area contributed by atoms with Crippen molar-refractivity contribution in [3.63, 3.8) is 0 Å². The smallest absolute Gasteiger partial charge is 0.296 e. The highest BCUT2D eigenvalue weighted by Crippen LogP contribution is 2.34. The molecule has 34 heavy (non-hydrogen) atoms. The first kappa shape index (κ1) is 23.3. The molecule has 0 saturated heterocycles. The van der Waals surface area contributed by atoms with Crippen molar-refractivity contribution in [1.82, 2.24) is 20.2 Å². The van der Waals surface area contributed by atoms with Gasteiger partial charge in [0.1, 0.15) is 12.4 Å². The zero-order valence-electron chi connectivity index (χ0n) is 18.9. The van der Waals surface area contributed by atoms with E-state index < -0.39 is 0 Å². The largest absolute Gasteiger partial charge is 0.496 e. The molecule has 4 rings (SSSR count). The summed E-state index contributed by atoms with van der Waals surface area (Å²) in [7, 11) is 1.60. The average Bonchev–Trinajstić information content (AvgIpc) is 3.29. The van der Waals surface area contributed by atoms with Gasteiger partial charge in [-0.2, -0.15) is 0 Å². The standard InChI is InChI=1S/C24H23N5O4S/c1-14-11-19(18-9-4-5-10-20(18)32-3)21(15(2)25-14)22(31)27-23-28-29-24(34-23)33-13-17-8-6-7-16(12-30)26-17/h4-11,30H,12-13H2,1-3H3,(H,27,28,31). The Hall–Kier alpha value is -3.89. The van der Waals surface area contributed by atoms with Gasteiger partial charge < -0.3 is 14.6 Å². The first-order valence-corrected chi connectivity index (χ1v) is 11.2. The minimum absolute atomic E-state index is 0.146. The highest BCUT2D eigenvalue weighted by Gasteiger charge is 2.21. The fraction of sp³-hybridized carbons (Fsp3) is 0.208. The van der Waals surface area contributed by atoms with Crippen molar-refractivity contribution < 1.29 is 19.4 Å². The van der Waals surface area contributed by atoms with Crippen LogP contribution in [0.15, 0.2) is 48.5 Å². The van der Waals surface area contributed by atoms with E-state index in [1.807, 2.05) is 37.3 Å². The van der Waals surface area contributed by atoms with E-state index in [4.69, 9.17) is 9.47 Å². The number of anilines is 1. The molecular formula is C24H23N5O4S. The number of methoxy groups -OCH3 is 1. The summed E-state index contributed by atoms with van der Waals surface area (Å²) in [5, 5.41) is 20.6. The van der Waals surface area contributed by atoms with Crippen LogP contribution >= 0.6 is 11.3 Å². The van der Waals surface area contributed by atoms with E-state index in [0.717, 1.165) is 28.2 Å². The van der Waals surface area contributed by atoms with Gasteiger partial charge in [0.25, 0.3) is 11.1 Å². The summed E-state index contributed by atoms with van der Waals surface area (Å²) in [4.78, 5) is 22.0. The van der Waals surface area contributed by atoms with E-state index in [0.29, 0.717) is 33.5 Å². The third kappa shape index (κ3) is 5.19. The number of carbonyl (C=O) groups excluding carboxylic acids is 1. The van der Waals surface area contributed by atoms with Gasteiger partial charge in [-0.1, -0.05) is 29.4 Å². The second kappa shape index (κ2) is 10.4. The zero-order valence-corrected chi connectivity index (χ0v) is 19.7. The Bertz CT molecular complexity index is 1320. The van der Waals surface area contributed by atoms with Gasteiger partial charge in [-0.25, -0.2) is 0 Å². The minimum Gasteiger partial charge on any atom is -0.496 e. The second-order valence-electron chi connectivity index (χ2n) is 7.37. The molecule has 0 atom stereocenters. The van der Waals surface area contributed by atoms with Crippen molar-refractivity contribution in [1.29, 1.82) is 0 Å². The van der Waals surface area contributed by atoms with E-state index >= 15 is 0 Å². The lowest BCUT2D eigenvalue weighted by molar-refractivity contribution is 0.102. The summed E-state index contributed by atoms with van der Waals surface area (Å²) < 4.78 is 11.1. The summed E-state index contributed by atoms with van der Waals surface area (Å²) in [6, 6.07) is 14.7. The first-order chi connectivity index (χ1) is 16.5. The number of hydrogen-bond acceptors (Lipinski definition) is 9. The molecule has 0 aliphatic rings. The highest BCUT2D eigenvalue weighted by atomic mass is 32.1. The zero-order chi connectivity index (χ0) is 24.1. The predicted octanol–water partition coefficient (Wildman–Crippen LogP) is 3.94. The van der Waals surface area contributed by atoms with E-state index in [1.165, 1.54) is 0 Å². The molecule has 10 heteroatoms. The lowest BCUT2D eigenvalue weighted by Gasteiger charge is -2.15. The van der Waals surface area contributed by atoms with Crippen LogP contribution in [0.2, 0.25) is 0 Å². The highest BCUT2D eigenvalue weighted by molar-refractivity contribution is 7.17. The summed E-state index contributed by atoms with van der Waals surface area (Å²) in [6.45, 7) is 3.69. The average molecular weight is 478 g/mol. The molecule has 0 aliphatic carbocycles. The van der Waals surface area contributed by atoms with Gasteiger partial charge in [-0.15, -0.1) is 5.10 Å². The third-order valence-electron chi connectivity index (χ3n) is 4.95. The first-order valence-electron chi connectivity index (χ1n) is 10.4. The van der Waals surface area contributed by atoms with Crippen LogP contribution < -0.4 is 14.8 Å². The van der Waals surface area contributed by atoms with Crippen molar-refractivity contribution >= 4 is 22.4 Å². The maximum atomic E-state index is 13.3. The van der Waals surface area contributed by atoms with Crippen LogP contribution in [0.4, 0.5) is 5.13 Å². The number of rotatable bonds is 8. The Morgan fingerprint density at radius 1 is 1.03 bits per heavy atom. The molecule has 0 fully saturated rings. The summed E-state index contributed by atoms with van der Waals surface area (Å²) in [5.74, 6) is 0.304. The van der Waals surface area contributed by atoms with Crippen LogP contribution in [-0.2, 0) is 13.2 Å². The number of aliphatic hydroxyl groups excluding tert-OH is 1. The third-order valence-corrected chi connectivity index (χ3v) is 5.70. The number of amides is 1. The molecule has 4 aromatic rings. The molecule has 0 saturated carbocycles. The molecule has 3 aromatic heterocycles. The molecule has 2 N–H and O–H groups in total. The molecule has 9 nitrogen and oxygen atoms in total. The van der Waals surface area contributed by atoms with E-state index in [-0.39, 0.29) is 24.3 Å². The summed E-state index contributed by atoms with van der Waals surface area (Å²) in [5.41, 5.74) is 4.53. The van der Waals surface area contributed by atoms with Crippen molar-refractivity contribution in [2.45, 2.75) is 27.1 Å². The lowest BCUT2D eigenvalue weighted by atomic mass is 9.97. The Labute approximate surface area is 200 Å². The Morgan fingerprint density at radius 2 is 1.82 bits per heavy atom. The molecule has 174 valence electrons. The summed E-state index contributed by atoms with van der Waals surface area (Å²) in [6.07, 6.45) is 0. The van der Waals surface area contributed by atoms with Crippen molar-refractivity contribution in [2.75, 3.05) is 12.4 Å². The number of nitrogens with one attached hydrogen (secondary N) is 1. The van der Waals surface area contributed by atoms with Gasteiger partial charge in [0.05, 0.1) is 36.4 Å². The fourth-order valence-electron chi connectivity index (χ4n) is 3.51. The number of carbonyl (C=O) groups is 1. The van der Waals surface area contributed by atoms with E-state index in [2.05, 4.69) is 25.5 Å². The molecule has 3 heterocycles. The minimum atomic E-state index is -0.356. The number of ether oxygens (including phenoxy) is 2. The van der Waals surface area contributed by atoms with Crippen LogP contribution in [0, 0.1) is 13.8 Å². The Balaban J connectivity index is 1.54. The molecule has 0 unspecified atom stereocenters. The number of aromatic nitrogens is 4. The topological polar surface area (TPSA) is 119 Å². The molecule has 0 aliphatic heterocycles. The van der Waals surface area contributed by atoms with Crippen LogP contribution in [0.5, 0.6) is 10.9 Å². The molecule has 0 bridgehead atoms. The number of aryl methyl sites for hydroxylation is 2. The van der Waals surface area contributed by atoms with E-state index in [9.17, 15) is 9.90 Å². The lowest BCUT2D eigenvalue weighted by Crippen LogP contribution is -2.16. The van der Waals surface area contributed by atoms with Gasteiger partial charge in [0, 0.05) is 16.8 Å². The van der Waals surface area contributed by atoms with Gasteiger partial charge >= 0.3 is 0 Å². The fourth-order valence-corrected chi connectivity index (χ4v) is 4.10. The Kier molecular flexibility index (Phi) is 7.09. The molecular weight excluding hydrogens is 454 g/mol. The number of para-hydroxylation sites is 1. The van der Waals surface area contributed by atoms with E-state index in [1.54, 1.807) is 32.2 Å². The molecule has 1 amide bonds. The number of pyridine rings is 2. The number of aliphatic hydroxyl groups is 1. The quantitative estimate of drug-likeness (QED) is 0.392. The second-order valence-corrected chi connectivity index (χ2v) is 8.31. The van der Waals surface area contributed by atoms with Crippen LogP contribution in [0.1, 0.15) is 33.1 Å². The van der Waals surface area contributed by atoms with Gasteiger partial charge in [0.15, 0.2) is 0 Å².